The van der Waals surface area contributed by atoms with Crippen LogP contribution < -0.4 is 11.1 Å². The quantitative estimate of drug-likeness (QED) is 0.420. The van der Waals surface area contributed by atoms with Gasteiger partial charge in [0, 0.05) is 13.1 Å². The van der Waals surface area contributed by atoms with Crippen molar-refractivity contribution < 1.29 is 5.11 Å². The first-order chi connectivity index (χ1) is 9.72. The van der Waals surface area contributed by atoms with Crippen molar-refractivity contribution in [2.45, 2.75) is 13.5 Å². The SMILES string of the molecule is Cc1c(CNCCO)cccc1N=C(N)c1cccs1.Cl.Cl. The summed E-state index contributed by atoms with van der Waals surface area (Å²) in [4.78, 5) is 5.50. The molecular weight excluding hydrogens is 341 g/mol. The van der Waals surface area contributed by atoms with Crippen LogP contribution in [-0.4, -0.2) is 24.1 Å². The summed E-state index contributed by atoms with van der Waals surface area (Å²) >= 11 is 1.58. The Morgan fingerprint density at radius 3 is 2.68 bits per heavy atom. The van der Waals surface area contributed by atoms with Crippen molar-refractivity contribution in [3.8, 4) is 0 Å². The zero-order valence-electron chi connectivity index (χ0n) is 12.3. The fourth-order valence-corrected chi connectivity index (χ4v) is 2.52. The lowest BCUT2D eigenvalue weighted by Crippen LogP contribution is -2.18. The van der Waals surface area contributed by atoms with E-state index in [1.54, 1.807) is 11.3 Å². The van der Waals surface area contributed by atoms with Gasteiger partial charge in [-0.3, -0.25) is 0 Å². The van der Waals surface area contributed by atoms with Gasteiger partial charge < -0.3 is 16.2 Å². The number of benzene rings is 1. The van der Waals surface area contributed by atoms with Gasteiger partial charge in [-0.25, -0.2) is 4.99 Å². The molecule has 1 heterocycles. The zero-order chi connectivity index (χ0) is 14.4. The summed E-state index contributed by atoms with van der Waals surface area (Å²) in [6.07, 6.45) is 0. The zero-order valence-corrected chi connectivity index (χ0v) is 14.7. The van der Waals surface area contributed by atoms with Crippen LogP contribution in [0.4, 0.5) is 5.69 Å². The van der Waals surface area contributed by atoms with Gasteiger partial charge in [-0.2, -0.15) is 0 Å². The van der Waals surface area contributed by atoms with Crippen molar-refractivity contribution in [1.82, 2.24) is 5.32 Å². The highest BCUT2D eigenvalue weighted by Gasteiger charge is 2.05. The summed E-state index contributed by atoms with van der Waals surface area (Å²) < 4.78 is 0. The molecule has 0 amide bonds. The number of hydrogen-bond donors (Lipinski definition) is 3. The Hall–Kier alpha value is -1.11. The van der Waals surface area contributed by atoms with Crippen LogP contribution in [0.5, 0.6) is 0 Å². The Bertz CT molecular complexity index is 588. The topological polar surface area (TPSA) is 70.6 Å². The van der Waals surface area contributed by atoms with Gasteiger partial charge in [0.15, 0.2) is 0 Å². The second kappa shape index (κ2) is 10.6. The Balaban J connectivity index is 0.00000220. The molecule has 0 radical (unpaired) electrons. The largest absolute Gasteiger partial charge is 0.395 e. The molecule has 0 saturated carbocycles. The van der Waals surface area contributed by atoms with E-state index in [1.165, 1.54) is 5.56 Å². The summed E-state index contributed by atoms with van der Waals surface area (Å²) in [7, 11) is 0. The van der Waals surface area contributed by atoms with Crippen molar-refractivity contribution in [2.24, 2.45) is 10.7 Å². The Kier molecular flexibility index (Phi) is 10.1. The molecule has 22 heavy (non-hydrogen) atoms. The van der Waals surface area contributed by atoms with Crippen molar-refractivity contribution in [3.05, 3.63) is 51.7 Å². The van der Waals surface area contributed by atoms with E-state index in [2.05, 4.69) is 16.4 Å². The third-order valence-corrected chi connectivity index (χ3v) is 3.93. The molecule has 4 nitrogen and oxygen atoms in total. The Morgan fingerprint density at radius 2 is 2.05 bits per heavy atom. The third-order valence-electron chi connectivity index (χ3n) is 3.04. The number of nitrogens with zero attached hydrogens (tertiary/aromatic N) is 1. The van der Waals surface area contributed by atoms with Gasteiger partial charge in [-0.05, 0) is 35.6 Å². The van der Waals surface area contributed by atoms with Gasteiger partial charge in [-0.15, -0.1) is 36.2 Å². The molecule has 0 aliphatic heterocycles. The number of aliphatic imine (C=N–C) groups is 1. The average molecular weight is 362 g/mol. The molecule has 4 N–H and O–H groups in total. The lowest BCUT2D eigenvalue weighted by atomic mass is 10.1. The third kappa shape index (κ3) is 5.59. The molecule has 0 atom stereocenters. The lowest BCUT2D eigenvalue weighted by molar-refractivity contribution is 0.292. The van der Waals surface area contributed by atoms with Crippen LogP contribution in [-0.2, 0) is 6.54 Å². The highest BCUT2D eigenvalue weighted by molar-refractivity contribution is 7.12. The standard InChI is InChI=1S/C15H19N3OS.2ClH/c1-11-12(10-17-7-8-19)4-2-5-13(11)18-15(16)14-6-3-9-20-14;;/h2-6,9,17,19H,7-8,10H2,1H3,(H2,16,18);2*1H. The maximum absolute atomic E-state index is 8.79. The number of nitrogens with one attached hydrogen (secondary N) is 1. The number of halogens is 2. The van der Waals surface area contributed by atoms with Gasteiger partial charge >= 0.3 is 0 Å². The predicted molar refractivity (Wildman–Crippen MR) is 99.2 cm³/mol. The fourth-order valence-electron chi connectivity index (χ4n) is 1.89. The molecule has 0 unspecified atom stereocenters. The minimum absolute atomic E-state index is 0. The minimum Gasteiger partial charge on any atom is -0.395 e. The Morgan fingerprint density at radius 1 is 1.27 bits per heavy atom. The number of aliphatic hydroxyl groups is 1. The van der Waals surface area contributed by atoms with Gasteiger partial charge in [0.2, 0.25) is 0 Å². The molecule has 0 spiro atoms. The van der Waals surface area contributed by atoms with Crippen LogP contribution in [0.1, 0.15) is 16.0 Å². The number of nitrogens with two attached hydrogens (primary N) is 1. The lowest BCUT2D eigenvalue weighted by Gasteiger charge is -2.09. The van der Waals surface area contributed by atoms with Crippen molar-refractivity contribution in [2.75, 3.05) is 13.2 Å². The maximum atomic E-state index is 8.79. The van der Waals surface area contributed by atoms with Crippen LogP contribution in [0, 0.1) is 6.92 Å². The van der Waals surface area contributed by atoms with E-state index >= 15 is 0 Å². The van der Waals surface area contributed by atoms with Crippen LogP contribution in [0.15, 0.2) is 40.7 Å². The maximum Gasteiger partial charge on any atom is 0.141 e. The number of thiophene rings is 1. The van der Waals surface area contributed by atoms with E-state index < -0.39 is 0 Å². The van der Waals surface area contributed by atoms with E-state index in [0.717, 1.165) is 16.1 Å². The molecule has 0 fully saturated rings. The number of amidine groups is 1. The van der Waals surface area contributed by atoms with E-state index in [1.807, 2.05) is 36.6 Å². The van der Waals surface area contributed by atoms with Crippen molar-refractivity contribution >= 4 is 47.7 Å². The first kappa shape index (κ1) is 20.9. The van der Waals surface area contributed by atoms with Crippen LogP contribution >= 0.6 is 36.2 Å². The monoisotopic (exact) mass is 361 g/mol. The number of aliphatic hydroxyl groups excluding tert-OH is 1. The van der Waals surface area contributed by atoms with Gasteiger partial charge in [-0.1, -0.05) is 18.2 Å². The number of hydrogen-bond acceptors (Lipinski definition) is 4. The van der Waals surface area contributed by atoms with Gasteiger partial charge in [0.1, 0.15) is 5.84 Å². The normalized spacial score (nSPS) is 10.7. The van der Waals surface area contributed by atoms with Gasteiger partial charge in [0.05, 0.1) is 17.2 Å². The molecular formula is C15H21Cl2N3OS. The highest BCUT2D eigenvalue weighted by Crippen LogP contribution is 2.23. The van der Waals surface area contributed by atoms with E-state index in [0.29, 0.717) is 18.9 Å². The molecule has 2 aromatic rings. The molecule has 1 aromatic carbocycles. The summed E-state index contributed by atoms with van der Waals surface area (Å²) in [5, 5.41) is 14.0. The summed E-state index contributed by atoms with van der Waals surface area (Å²) in [5.74, 6) is 0.545. The molecule has 0 aliphatic rings. The number of rotatable bonds is 6. The molecule has 7 heteroatoms. The van der Waals surface area contributed by atoms with Crippen molar-refractivity contribution in [3.63, 3.8) is 0 Å². The second-order valence-corrected chi connectivity index (χ2v) is 5.38. The van der Waals surface area contributed by atoms with Crippen LogP contribution in [0.3, 0.4) is 0 Å². The summed E-state index contributed by atoms with van der Waals surface area (Å²) in [5.41, 5.74) is 9.19. The Labute approximate surface area is 147 Å². The fraction of sp³-hybridized carbons (Fsp3) is 0.267. The van der Waals surface area contributed by atoms with E-state index in [4.69, 9.17) is 10.8 Å². The van der Waals surface area contributed by atoms with Crippen molar-refractivity contribution in [1.29, 1.82) is 0 Å². The summed E-state index contributed by atoms with van der Waals surface area (Å²) in [6, 6.07) is 9.92. The first-order valence-corrected chi connectivity index (χ1v) is 7.38. The molecule has 0 aliphatic carbocycles. The average Bonchev–Trinajstić information content (AvgIpc) is 2.97. The molecule has 122 valence electrons. The van der Waals surface area contributed by atoms with Crippen LogP contribution in [0.25, 0.3) is 0 Å². The van der Waals surface area contributed by atoms with Crippen LogP contribution in [0.2, 0.25) is 0 Å². The highest BCUT2D eigenvalue weighted by atomic mass is 35.5. The molecule has 0 saturated heterocycles. The molecule has 1 aromatic heterocycles. The molecule has 2 rings (SSSR count). The minimum atomic E-state index is 0. The van der Waals surface area contributed by atoms with E-state index in [-0.39, 0.29) is 31.4 Å². The smallest absolute Gasteiger partial charge is 0.141 e. The molecule has 0 bridgehead atoms. The summed E-state index contributed by atoms with van der Waals surface area (Å²) in [6.45, 7) is 3.48. The first-order valence-electron chi connectivity index (χ1n) is 6.50. The predicted octanol–water partition coefficient (Wildman–Crippen LogP) is 3.02. The second-order valence-electron chi connectivity index (χ2n) is 4.44. The van der Waals surface area contributed by atoms with Gasteiger partial charge in [0.25, 0.3) is 0 Å². The van der Waals surface area contributed by atoms with E-state index in [9.17, 15) is 0 Å².